The molecular weight excluding hydrogens is 1290 g/mol. The molecule has 1 aliphatic carbocycles. The zero-order chi connectivity index (χ0) is 68.9. The van der Waals surface area contributed by atoms with Crippen LogP contribution in [0.4, 0.5) is 0 Å². The number of thioether (sulfide) groups is 3. The van der Waals surface area contributed by atoms with Gasteiger partial charge in [0.05, 0.1) is 20.9 Å². The molecule has 3 saturated heterocycles. The molecule has 0 saturated carbocycles. The van der Waals surface area contributed by atoms with Gasteiger partial charge in [-0.05, 0) is 20.3 Å². The van der Waals surface area contributed by atoms with Crippen molar-refractivity contribution in [3.63, 3.8) is 0 Å². The van der Waals surface area contributed by atoms with E-state index in [1.54, 1.807) is 19.9 Å². The number of aromatic hydroxyl groups is 2. The van der Waals surface area contributed by atoms with Crippen molar-refractivity contribution in [2.45, 2.75) is 203 Å². The van der Waals surface area contributed by atoms with Crippen LogP contribution in [0.15, 0.2) is 27.5 Å². The van der Waals surface area contributed by atoms with Crippen LogP contribution >= 0.6 is 35.3 Å². The number of allylic oxidation sites excluding steroid dienone is 4. The van der Waals surface area contributed by atoms with Gasteiger partial charge >= 0.3 is 71.6 Å². The highest BCUT2D eigenvalue weighted by Gasteiger charge is 2.57. The molecule has 0 radical (unpaired) electrons. The molecule has 34 heteroatoms. The number of hydrogen-bond donors (Lipinski definition) is 2. The van der Waals surface area contributed by atoms with Gasteiger partial charge in [-0.2, -0.15) is 0 Å². The van der Waals surface area contributed by atoms with Gasteiger partial charge in [-0.1, -0.05) is 35.2 Å². The molecule has 5 rings (SSSR count). The second-order valence-corrected chi connectivity index (χ2v) is 24.5. The highest BCUT2D eigenvalue weighted by Crippen LogP contribution is 2.56. The second-order valence-electron chi connectivity index (χ2n) is 21.0. The number of ether oxygens (including phenoxy) is 15. The third kappa shape index (κ3) is 20.1. The number of carbonyl (C=O) groups is 14. The van der Waals surface area contributed by atoms with Crippen LogP contribution in [0.1, 0.15) is 135 Å². The molecule has 506 valence electrons. The Morgan fingerprint density at radius 1 is 0.424 bits per heavy atom. The summed E-state index contributed by atoms with van der Waals surface area (Å²) < 4.78 is 85.5. The molecule has 3 fully saturated rings. The zero-order valence-corrected chi connectivity index (χ0v) is 54.6. The molecule has 3 heterocycles. The molecule has 1 unspecified atom stereocenters. The summed E-state index contributed by atoms with van der Waals surface area (Å²) >= 11 is 1.35. The van der Waals surface area contributed by atoms with E-state index >= 15 is 4.79 Å². The lowest BCUT2D eigenvalue weighted by Crippen LogP contribution is -2.61. The minimum absolute atomic E-state index is 0.317. The Morgan fingerprint density at radius 3 is 1.08 bits per heavy atom. The molecular formula is C58H70O31S3. The number of esters is 12. The van der Waals surface area contributed by atoms with Crippen LogP contribution in [0.3, 0.4) is 0 Å². The van der Waals surface area contributed by atoms with E-state index in [9.17, 15) is 72.5 Å². The summed E-state index contributed by atoms with van der Waals surface area (Å²) in [6.45, 7) is 13.0. The lowest BCUT2D eigenvalue weighted by molar-refractivity contribution is -0.237. The van der Waals surface area contributed by atoms with Gasteiger partial charge in [0.1, 0.15) is 65.9 Å². The molecule has 3 aliphatic heterocycles. The van der Waals surface area contributed by atoms with Gasteiger partial charge in [0.25, 0.3) is 0 Å². The molecule has 1 aromatic carbocycles. The van der Waals surface area contributed by atoms with Crippen molar-refractivity contribution in [1.29, 1.82) is 0 Å². The number of rotatable bonds is 24. The fourth-order valence-corrected chi connectivity index (χ4v) is 14.0. The Kier molecular flexibility index (Phi) is 27.0. The number of ketones is 2. The fraction of sp³-hybridized carbons (Fsp3) is 0.586. The molecule has 92 heavy (non-hydrogen) atoms. The molecule has 0 aromatic heterocycles. The highest BCUT2D eigenvalue weighted by atomic mass is 32.2. The molecule has 31 nitrogen and oxygen atoms in total. The first-order chi connectivity index (χ1) is 43.0. The zero-order valence-electron chi connectivity index (χ0n) is 52.2. The number of carbonyl (C=O) groups excluding carboxylic acids is 14. The minimum atomic E-state index is -1.89. The van der Waals surface area contributed by atoms with Crippen LogP contribution in [0.5, 0.6) is 11.5 Å². The Bertz CT molecular complexity index is 3130. The lowest BCUT2D eigenvalue weighted by atomic mass is 9.89. The van der Waals surface area contributed by atoms with Crippen LogP contribution in [0.2, 0.25) is 0 Å². The first kappa shape index (κ1) is 74.9. The van der Waals surface area contributed by atoms with Gasteiger partial charge < -0.3 is 81.3 Å². The number of fused-ring (bicyclic) bond motifs is 1. The van der Waals surface area contributed by atoms with Crippen molar-refractivity contribution in [2.24, 2.45) is 0 Å². The third-order valence-corrected chi connectivity index (χ3v) is 16.9. The van der Waals surface area contributed by atoms with Gasteiger partial charge in [0.15, 0.2) is 60.7 Å². The Labute approximate surface area is 538 Å². The number of Topliss-reactive ketones (excluding diaryl/α,β-unsaturated/α-hetero) is 1. The Hall–Kier alpha value is -7.79. The maximum atomic E-state index is 15.5. The Balaban J connectivity index is 1.89. The quantitative estimate of drug-likeness (QED) is 0.0646. The van der Waals surface area contributed by atoms with E-state index in [0.29, 0.717) is 46.9 Å². The van der Waals surface area contributed by atoms with Crippen LogP contribution in [-0.2, 0) is 129 Å². The molecule has 1 aromatic rings. The normalized spacial score (nSPS) is 26.9. The van der Waals surface area contributed by atoms with E-state index in [1.807, 2.05) is 0 Å². The number of phenolic OH excluding ortho intramolecular Hbond substituents is 2. The van der Waals surface area contributed by atoms with Gasteiger partial charge in [-0.3, -0.25) is 67.1 Å². The average molecular weight is 1360 g/mol. The monoisotopic (exact) mass is 1360 g/mol. The average Bonchev–Trinajstić information content (AvgIpc) is 0.735. The maximum absolute atomic E-state index is 15.5. The third-order valence-electron chi connectivity index (χ3n) is 13.1. The van der Waals surface area contributed by atoms with Crippen molar-refractivity contribution in [2.75, 3.05) is 19.8 Å². The van der Waals surface area contributed by atoms with Gasteiger partial charge in [-0.15, -0.1) is 11.8 Å². The SMILES string of the molecule is CC(=O)OC[C@H]1O[C@@H](SC2=CC(=O)c3c(O)c(S[C@@H]4O[C@H](COC(C)=O)[C@@H](OC(C)=O)[C@H](OC(C)=O)[C@@H]4OC(C)=O)c(C(CC=C(C)C)S[C@@H]4O[C@H](COC(C)=O)[C@@H](OC(C)=O)[C@H](OC(C)=O)[C@@H]4OC(C)=O)c(O)c3C2=O)[C@@H](OC(C)=O)[C@@H](OC(C)=O)[C@@H]1OC(C)=O. The van der Waals surface area contributed by atoms with Crippen molar-refractivity contribution >= 4 is 118 Å². The van der Waals surface area contributed by atoms with E-state index < -0.39 is 236 Å². The smallest absolute Gasteiger partial charge is 0.303 e. The first-order valence-electron chi connectivity index (χ1n) is 28.0. The molecule has 0 amide bonds. The van der Waals surface area contributed by atoms with E-state index in [1.165, 1.54) is 0 Å². The summed E-state index contributed by atoms with van der Waals surface area (Å²) in [5.74, 6) is -16.4. The summed E-state index contributed by atoms with van der Waals surface area (Å²) in [4.78, 5) is 182. The Morgan fingerprint density at radius 2 is 0.739 bits per heavy atom. The van der Waals surface area contributed by atoms with Gasteiger partial charge in [0, 0.05) is 100.0 Å². The van der Waals surface area contributed by atoms with E-state index in [0.717, 1.165) is 83.1 Å². The fourth-order valence-electron chi connectivity index (χ4n) is 9.92. The summed E-state index contributed by atoms with van der Waals surface area (Å²) in [5, 5.41) is 24.7. The maximum Gasteiger partial charge on any atom is 0.303 e. The summed E-state index contributed by atoms with van der Waals surface area (Å²) in [6.07, 6.45) is -18.7. The predicted molar refractivity (Wildman–Crippen MR) is 310 cm³/mol. The van der Waals surface area contributed by atoms with Crippen LogP contribution in [-0.4, -0.2) is 203 Å². The standard InChI is InChI=1S/C58H70O31S3/c1-21(2)15-16-38(90-56-52(84-31(12)68)49(81-28(9)65)46(78-25(6)62)35(87-56)18-75-22(3)59)41-44(73)42-40(45(74)55(41)92-58-54(86-33(14)70)51(83-30(11)67)48(80-27(8)64)37(89-58)20-77-24(5)61)34(71)17-39(43(42)72)91-57-53(85-32(13)69)50(82-29(10)66)47(79-26(7)63)36(88-57)19-76-23(4)60/h15,17,35-38,46-54,56-58,73-74H,16,18-20H2,1-14H3/t35-,36-,37-,38?,46-,47-,48-,49+,50+,51+,52+,53+,54+,56+,57+,58+/m1/s1. The number of phenols is 2. The molecule has 16 atom stereocenters. The predicted octanol–water partition coefficient (Wildman–Crippen LogP) is 3.57. The van der Waals surface area contributed by atoms with E-state index in [-0.39, 0.29) is 6.42 Å². The largest absolute Gasteiger partial charge is 0.507 e. The molecule has 4 aliphatic rings. The van der Waals surface area contributed by atoms with Crippen LogP contribution in [0, 0.1) is 0 Å². The molecule has 0 spiro atoms. The molecule has 2 N–H and O–H groups in total. The van der Waals surface area contributed by atoms with Crippen molar-refractivity contribution in [3.8, 4) is 11.5 Å². The summed E-state index contributed by atoms with van der Waals surface area (Å²) in [6, 6.07) is 0. The first-order valence-corrected chi connectivity index (χ1v) is 30.7. The van der Waals surface area contributed by atoms with Crippen LogP contribution in [0.25, 0.3) is 0 Å². The van der Waals surface area contributed by atoms with Crippen LogP contribution < -0.4 is 0 Å². The topological polar surface area (TPSA) is 418 Å². The van der Waals surface area contributed by atoms with E-state index in [2.05, 4.69) is 0 Å². The van der Waals surface area contributed by atoms with Crippen molar-refractivity contribution in [3.05, 3.63) is 39.3 Å². The number of hydrogen-bond acceptors (Lipinski definition) is 34. The number of benzene rings is 1. The van der Waals surface area contributed by atoms with E-state index in [4.69, 9.17) is 71.1 Å². The highest BCUT2D eigenvalue weighted by molar-refractivity contribution is 8.04. The van der Waals surface area contributed by atoms with Gasteiger partial charge in [-0.25, -0.2) is 0 Å². The minimum Gasteiger partial charge on any atom is -0.507 e. The second kappa shape index (κ2) is 33.2. The summed E-state index contributed by atoms with van der Waals surface area (Å²) in [5.41, 5.74) is -7.09. The molecule has 0 bridgehead atoms. The van der Waals surface area contributed by atoms with Gasteiger partial charge in [0.2, 0.25) is 5.78 Å². The van der Waals surface area contributed by atoms with Crippen molar-refractivity contribution < 1.29 is 148 Å². The summed E-state index contributed by atoms with van der Waals surface area (Å²) in [7, 11) is 0. The van der Waals surface area contributed by atoms with Crippen molar-refractivity contribution in [1.82, 2.24) is 0 Å². The lowest BCUT2D eigenvalue weighted by Gasteiger charge is -2.45.